The molecular weight excluding hydrogens is 432 g/mol. The van der Waals surface area contributed by atoms with Crippen LogP contribution in [0.1, 0.15) is 24.6 Å². The van der Waals surface area contributed by atoms with Crippen molar-refractivity contribution in [3.05, 3.63) is 35.1 Å². The number of hydrogen-bond acceptors (Lipinski definition) is 6. The Bertz CT molecular complexity index is 882. The summed E-state index contributed by atoms with van der Waals surface area (Å²) in [4.78, 5) is 12.4. The molecule has 1 saturated carbocycles. The second kappa shape index (κ2) is 7.93. The average molecular weight is 451 g/mol. The summed E-state index contributed by atoms with van der Waals surface area (Å²) in [5, 5.41) is 12.2. The maximum atomic E-state index is 12.4. The molecule has 0 radical (unpaired) electrons. The van der Waals surface area contributed by atoms with Crippen LogP contribution < -0.4 is 14.8 Å². The van der Waals surface area contributed by atoms with Gasteiger partial charge in [-0.1, -0.05) is 17.8 Å². The Labute approximate surface area is 169 Å². The predicted molar refractivity (Wildman–Crippen MR) is 107 cm³/mol. The molecule has 7 nitrogen and oxygen atoms in total. The van der Waals surface area contributed by atoms with Crippen molar-refractivity contribution < 1.29 is 14.3 Å². The summed E-state index contributed by atoms with van der Waals surface area (Å²) in [7, 11) is 0. The van der Waals surface area contributed by atoms with Gasteiger partial charge in [0.2, 0.25) is 5.91 Å². The fourth-order valence-electron chi connectivity index (χ4n) is 2.83. The molecule has 9 heteroatoms. The highest BCUT2D eigenvalue weighted by molar-refractivity contribution is 9.10. The van der Waals surface area contributed by atoms with Crippen molar-refractivity contribution in [2.24, 2.45) is 0 Å². The highest BCUT2D eigenvalue weighted by Gasteiger charge is 2.30. The van der Waals surface area contributed by atoms with Crippen LogP contribution in [0.25, 0.3) is 0 Å². The average Bonchev–Trinajstić information content (AvgIpc) is 3.43. The number of amides is 1. The van der Waals surface area contributed by atoms with Gasteiger partial charge in [0.25, 0.3) is 0 Å². The van der Waals surface area contributed by atoms with Crippen LogP contribution in [0.15, 0.2) is 34.4 Å². The van der Waals surface area contributed by atoms with Crippen LogP contribution in [0.5, 0.6) is 11.5 Å². The Balaban J connectivity index is 1.41. The van der Waals surface area contributed by atoms with Gasteiger partial charge in [0.1, 0.15) is 19.0 Å². The molecule has 0 saturated heterocycles. The first kappa shape index (κ1) is 18.4. The molecule has 1 amide bonds. The van der Waals surface area contributed by atoms with Crippen LogP contribution in [-0.2, 0) is 11.3 Å². The number of anilines is 1. The molecule has 4 rings (SSSR count). The van der Waals surface area contributed by atoms with E-state index in [1.54, 1.807) is 12.1 Å². The Kier molecular flexibility index (Phi) is 5.40. The number of ether oxygens (including phenoxy) is 2. The van der Waals surface area contributed by atoms with E-state index >= 15 is 0 Å². The Morgan fingerprint density at radius 3 is 2.78 bits per heavy atom. The van der Waals surface area contributed by atoms with Crippen molar-refractivity contribution in [1.29, 1.82) is 0 Å². The van der Waals surface area contributed by atoms with Gasteiger partial charge in [-0.3, -0.25) is 4.79 Å². The van der Waals surface area contributed by atoms with Gasteiger partial charge in [-0.25, -0.2) is 0 Å². The summed E-state index contributed by atoms with van der Waals surface area (Å²) < 4.78 is 13.9. The molecule has 1 aliphatic carbocycles. The van der Waals surface area contributed by atoms with Crippen LogP contribution in [0.3, 0.4) is 0 Å². The second-order valence-corrected chi connectivity index (χ2v) is 8.12. The third-order valence-electron chi connectivity index (χ3n) is 4.24. The van der Waals surface area contributed by atoms with Gasteiger partial charge >= 0.3 is 0 Å². The zero-order valence-corrected chi connectivity index (χ0v) is 17.0. The molecule has 2 aromatic rings. The molecular formula is C18H19BrN4O3S. The molecule has 27 heavy (non-hydrogen) atoms. The topological polar surface area (TPSA) is 78.3 Å². The lowest BCUT2D eigenvalue weighted by Gasteiger charge is -2.20. The zero-order chi connectivity index (χ0) is 18.8. The fourth-order valence-corrected chi connectivity index (χ4v) is 4.00. The molecule has 142 valence electrons. The number of aromatic nitrogens is 3. The Hall–Kier alpha value is -2.00. The van der Waals surface area contributed by atoms with E-state index < -0.39 is 0 Å². The molecule has 2 heterocycles. The van der Waals surface area contributed by atoms with Crippen molar-refractivity contribution in [1.82, 2.24) is 14.8 Å². The van der Waals surface area contributed by atoms with Gasteiger partial charge in [0, 0.05) is 29.1 Å². The fraction of sp³-hybridized carbons (Fsp3) is 0.389. The number of allylic oxidation sites excluding steroid dienone is 1. The minimum atomic E-state index is -0.126. The van der Waals surface area contributed by atoms with E-state index in [-0.39, 0.29) is 11.7 Å². The quantitative estimate of drug-likeness (QED) is 0.512. The Morgan fingerprint density at radius 2 is 2.07 bits per heavy atom. The normalized spacial score (nSPS) is 15.4. The lowest BCUT2D eigenvalue weighted by molar-refractivity contribution is -0.113. The number of fused-ring (bicyclic) bond motifs is 1. The lowest BCUT2D eigenvalue weighted by atomic mass is 10.2. The predicted octanol–water partition coefficient (Wildman–Crippen LogP) is 3.61. The van der Waals surface area contributed by atoms with Crippen molar-refractivity contribution in [3.8, 4) is 11.5 Å². The summed E-state index contributed by atoms with van der Waals surface area (Å²) in [5.41, 5.74) is 0.649. The highest BCUT2D eigenvalue weighted by atomic mass is 79.9. The maximum Gasteiger partial charge on any atom is 0.234 e. The molecule has 0 bridgehead atoms. The van der Waals surface area contributed by atoms with E-state index in [1.165, 1.54) is 11.8 Å². The molecule has 1 aromatic carbocycles. The van der Waals surface area contributed by atoms with Crippen molar-refractivity contribution >= 4 is 39.3 Å². The Morgan fingerprint density at radius 1 is 1.33 bits per heavy atom. The summed E-state index contributed by atoms with van der Waals surface area (Å²) in [6, 6.07) is 3.58. The summed E-state index contributed by atoms with van der Waals surface area (Å²) >= 11 is 4.84. The van der Waals surface area contributed by atoms with Crippen LogP contribution in [0, 0.1) is 0 Å². The van der Waals surface area contributed by atoms with Gasteiger partial charge in [-0.05, 0) is 28.8 Å². The maximum absolute atomic E-state index is 12.4. The summed E-state index contributed by atoms with van der Waals surface area (Å²) in [5.74, 6) is 2.90. The first-order valence-electron chi connectivity index (χ1n) is 8.71. The van der Waals surface area contributed by atoms with Gasteiger partial charge < -0.3 is 19.4 Å². The van der Waals surface area contributed by atoms with Gasteiger partial charge in [-0.15, -0.1) is 16.8 Å². The minimum Gasteiger partial charge on any atom is -0.486 e. The summed E-state index contributed by atoms with van der Waals surface area (Å²) in [6.45, 7) is 5.47. The molecule has 1 N–H and O–H groups in total. The number of nitrogens with one attached hydrogen (secondary N) is 1. The first-order valence-corrected chi connectivity index (χ1v) is 10.5. The zero-order valence-electron chi connectivity index (χ0n) is 14.6. The molecule has 1 aromatic heterocycles. The third kappa shape index (κ3) is 4.14. The molecule has 1 fully saturated rings. The van der Waals surface area contributed by atoms with Crippen molar-refractivity contribution in [2.75, 3.05) is 24.3 Å². The number of halogens is 1. The SMILES string of the molecule is C=CCn1c(SCC(=O)Nc2cc3c(cc2Br)OCCO3)nnc1C1CC1. The molecule has 1 aliphatic heterocycles. The smallest absolute Gasteiger partial charge is 0.234 e. The van der Waals surface area contributed by atoms with Crippen molar-refractivity contribution in [3.63, 3.8) is 0 Å². The van der Waals surface area contributed by atoms with E-state index in [4.69, 9.17) is 9.47 Å². The van der Waals surface area contributed by atoms with Gasteiger partial charge in [0.15, 0.2) is 16.7 Å². The lowest BCUT2D eigenvalue weighted by Crippen LogP contribution is -2.18. The number of rotatable bonds is 7. The van der Waals surface area contributed by atoms with Crippen molar-refractivity contribution in [2.45, 2.75) is 30.5 Å². The number of nitrogens with zero attached hydrogens (tertiary/aromatic N) is 3. The minimum absolute atomic E-state index is 0.126. The standard InChI is InChI=1S/C18H19BrN4O3S/c1-2-5-23-17(11-3-4-11)21-22-18(23)27-10-16(24)20-13-9-15-14(8-12(13)19)25-6-7-26-15/h2,8-9,11H,1,3-7,10H2,(H,20,24). The molecule has 0 atom stereocenters. The molecule has 0 unspecified atom stereocenters. The first-order chi connectivity index (χ1) is 13.2. The van der Waals surface area contributed by atoms with Gasteiger partial charge in [-0.2, -0.15) is 0 Å². The number of thioether (sulfide) groups is 1. The van der Waals surface area contributed by atoms with Crippen LogP contribution >= 0.6 is 27.7 Å². The van der Waals surface area contributed by atoms with Crippen LogP contribution in [-0.4, -0.2) is 39.6 Å². The van der Waals surface area contributed by atoms with E-state index in [2.05, 4.69) is 38.0 Å². The van der Waals surface area contributed by atoms with E-state index in [0.717, 1.165) is 28.3 Å². The highest BCUT2D eigenvalue weighted by Crippen LogP contribution is 2.40. The van der Waals surface area contributed by atoms with Crippen LogP contribution in [0.4, 0.5) is 5.69 Å². The molecule has 0 spiro atoms. The summed E-state index contributed by atoms with van der Waals surface area (Å²) in [6.07, 6.45) is 4.13. The monoisotopic (exact) mass is 450 g/mol. The van der Waals surface area contributed by atoms with E-state index in [0.29, 0.717) is 42.9 Å². The largest absolute Gasteiger partial charge is 0.486 e. The number of carbonyl (C=O) groups excluding carboxylic acids is 1. The number of hydrogen-bond donors (Lipinski definition) is 1. The number of benzene rings is 1. The second-order valence-electron chi connectivity index (χ2n) is 6.33. The van der Waals surface area contributed by atoms with E-state index in [1.807, 2.05) is 10.6 Å². The van der Waals surface area contributed by atoms with Crippen LogP contribution in [0.2, 0.25) is 0 Å². The van der Waals surface area contributed by atoms with E-state index in [9.17, 15) is 4.79 Å². The third-order valence-corrected chi connectivity index (χ3v) is 5.86. The molecule has 2 aliphatic rings. The van der Waals surface area contributed by atoms with Gasteiger partial charge in [0.05, 0.1) is 11.4 Å². The number of carbonyl (C=O) groups is 1.